The number of hydrogen-bond donors (Lipinski definition) is 0. The maximum Gasteiger partial charge on any atom is 0.0992 e. The van der Waals surface area contributed by atoms with Gasteiger partial charge in [-0.15, -0.1) is 0 Å². The Bertz CT molecular complexity index is 299. The summed E-state index contributed by atoms with van der Waals surface area (Å²) >= 11 is 0. The van der Waals surface area contributed by atoms with Gasteiger partial charge in [0.1, 0.15) is 0 Å². The predicted octanol–water partition coefficient (Wildman–Crippen LogP) is 7.88. The normalized spacial score (nSPS) is 17.8. The second-order valence-corrected chi connectivity index (χ2v) is 8.86. The molecule has 0 spiro atoms. The minimum Gasteiger partial charge on any atom is -0.319 e. The summed E-state index contributed by atoms with van der Waals surface area (Å²) in [6, 6.07) is 0. The Morgan fingerprint density at radius 1 is 0.600 bits per heavy atom. The molecule has 1 nitrogen and oxygen atoms in total. The van der Waals surface area contributed by atoms with Gasteiger partial charge in [-0.2, -0.15) is 0 Å². The standard InChI is InChI=1S/C24H50N/c1-5-9-11-12-13-14-15-19-23-25(7-3,8-4)24(20-10-6-2)21-17-16-18-22-24/h5-23H2,1-4H3/q+1. The van der Waals surface area contributed by atoms with E-state index < -0.39 is 0 Å². The summed E-state index contributed by atoms with van der Waals surface area (Å²) < 4.78 is 1.43. The molecular formula is C24H50N+. The van der Waals surface area contributed by atoms with Crippen molar-refractivity contribution in [3.8, 4) is 0 Å². The number of rotatable bonds is 15. The molecule has 0 N–H and O–H groups in total. The molecule has 0 heterocycles. The Morgan fingerprint density at radius 2 is 1.12 bits per heavy atom. The molecule has 0 aromatic rings. The SMILES string of the molecule is CCCCCCCCCC[N+](CC)(CC)C1(CCCC)CCCCC1. The molecule has 1 aliphatic carbocycles. The van der Waals surface area contributed by atoms with Crippen molar-refractivity contribution in [2.24, 2.45) is 0 Å². The van der Waals surface area contributed by atoms with Gasteiger partial charge in [-0.3, -0.25) is 0 Å². The number of quaternary nitrogens is 1. The third-order valence-corrected chi connectivity index (χ3v) is 7.44. The first kappa shape index (κ1) is 23.0. The molecule has 150 valence electrons. The lowest BCUT2D eigenvalue weighted by Crippen LogP contribution is -2.65. The van der Waals surface area contributed by atoms with Gasteiger partial charge in [0.15, 0.2) is 0 Å². The zero-order valence-electron chi connectivity index (χ0n) is 18.4. The topological polar surface area (TPSA) is 0 Å². The van der Waals surface area contributed by atoms with Crippen molar-refractivity contribution >= 4 is 0 Å². The average molecular weight is 353 g/mol. The fraction of sp³-hybridized carbons (Fsp3) is 1.00. The van der Waals surface area contributed by atoms with E-state index in [-0.39, 0.29) is 0 Å². The van der Waals surface area contributed by atoms with E-state index in [9.17, 15) is 0 Å². The third-order valence-electron chi connectivity index (χ3n) is 7.44. The average Bonchev–Trinajstić information content (AvgIpc) is 2.66. The Kier molecular flexibility index (Phi) is 12.1. The molecule has 1 saturated carbocycles. The molecule has 0 bridgehead atoms. The summed E-state index contributed by atoms with van der Waals surface area (Å²) in [4.78, 5) is 0. The molecule has 0 atom stereocenters. The molecule has 0 aliphatic heterocycles. The fourth-order valence-corrected chi connectivity index (χ4v) is 5.67. The van der Waals surface area contributed by atoms with E-state index in [1.165, 1.54) is 127 Å². The Balaban J connectivity index is 2.54. The Labute approximate surface area is 160 Å². The summed E-state index contributed by atoms with van der Waals surface area (Å²) in [6.07, 6.45) is 23.4. The largest absolute Gasteiger partial charge is 0.319 e. The van der Waals surface area contributed by atoms with Crippen LogP contribution in [0.25, 0.3) is 0 Å². The van der Waals surface area contributed by atoms with E-state index in [1.54, 1.807) is 0 Å². The van der Waals surface area contributed by atoms with Crippen LogP contribution in [-0.4, -0.2) is 29.7 Å². The number of unbranched alkanes of at least 4 members (excludes halogenated alkanes) is 8. The molecule has 0 aromatic heterocycles. The summed E-state index contributed by atoms with van der Waals surface area (Å²) in [5, 5.41) is 0. The summed E-state index contributed by atoms with van der Waals surface area (Å²) in [7, 11) is 0. The maximum absolute atomic E-state index is 2.48. The zero-order chi connectivity index (χ0) is 18.4. The lowest BCUT2D eigenvalue weighted by atomic mass is 9.74. The van der Waals surface area contributed by atoms with Gasteiger partial charge < -0.3 is 4.48 Å². The first-order valence-corrected chi connectivity index (χ1v) is 12.1. The Morgan fingerprint density at radius 3 is 1.64 bits per heavy atom. The van der Waals surface area contributed by atoms with Crippen LogP contribution in [0.3, 0.4) is 0 Å². The molecule has 1 heteroatoms. The fourth-order valence-electron chi connectivity index (χ4n) is 5.67. The Hall–Kier alpha value is -0.0400. The minimum atomic E-state index is 0.624. The van der Waals surface area contributed by atoms with E-state index in [0.29, 0.717) is 5.54 Å². The zero-order valence-corrected chi connectivity index (χ0v) is 18.4. The highest BCUT2D eigenvalue weighted by Crippen LogP contribution is 2.43. The van der Waals surface area contributed by atoms with Gasteiger partial charge in [0.2, 0.25) is 0 Å². The van der Waals surface area contributed by atoms with E-state index in [2.05, 4.69) is 27.7 Å². The van der Waals surface area contributed by atoms with Crippen LogP contribution < -0.4 is 0 Å². The van der Waals surface area contributed by atoms with Crippen molar-refractivity contribution in [2.45, 2.75) is 136 Å². The maximum atomic E-state index is 2.48. The van der Waals surface area contributed by atoms with E-state index >= 15 is 0 Å². The first-order valence-electron chi connectivity index (χ1n) is 12.1. The molecule has 0 radical (unpaired) electrons. The monoisotopic (exact) mass is 352 g/mol. The summed E-state index contributed by atoms with van der Waals surface area (Å²) in [5.41, 5.74) is 0.624. The molecule has 1 aliphatic rings. The predicted molar refractivity (Wildman–Crippen MR) is 114 cm³/mol. The van der Waals surface area contributed by atoms with E-state index in [4.69, 9.17) is 0 Å². The molecule has 1 fully saturated rings. The summed E-state index contributed by atoms with van der Waals surface area (Å²) in [6.45, 7) is 13.8. The van der Waals surface area contributed by atoms with Gasteiger partial charge in [-0.25, -0.2) is 0 Å². The van der Waals surface area contributed by atoms with Gasteiger partial charge in [0, 0.05) is 19.3 Å². The van der Waals surface area contributed by atoms with Crippen molar-refractivity contribution in [1.29, 1.82) is 0 Å². The third kappa shape index (κ3) is 6.89. The molecule has 0 saturated heterocycles. The number of nitrogens with zero attached hydrogens (tertiary/aromatic N) is 1. The van der Waals surface area contributed by atoms with Gasteiger partial charge in [-0.05, 0) is 46.0 Å². The van der Waals surface area contributed by atoms with Crippen LogP contribution >= 0.6 is 0 Å². The van der Waals surface area contributed by atoms with Gasteiger partial charge in [0.05, 0.1) is 25.2 Å². The molecule has 0 unspecified atom stereocenters. The quantitative estimate of drug-likeness (QED) is 0.208. The van der Waals surface area contributed by atoms with Crippen LogP contribution in [0.5, 0.6) is 0 Å². The van der Waals surface area contributed by atoms with Crippen molar-refractivity contribution in [3.05, 3.63) is 0 Å². The van der Waals surface area contributed by atoms with Crippen LogP contribution in [-0.2, 0) is 0 Å². The molecule has 25 heavy (non-hydrogen) atoms. The van der Waals surface area contributed by atoms with Crippen molar-refractivity contribution in [1.82, 2.24) is 0 Å². The second kappa shape index (κ2) is 13.2. The molecular weight excluding hydrogens is 302 g/mol. The molecule has 0 aromatic carbocycles. The van der Waals surface area contributed by atoms with Crippen LogP contribution in [0.1, 0.15) is 130 Å². The molecule has 0 amide bonds. The van der Waals surface area contributed by atoms with Gasteiger partial charge in [0.25, 0.3) is 0 Å². The van der Waals surface area contributed by atoms with Crippen LogP contribution in [0.4, 0.5) is 0 Å². The second-order valence-electron chi connectivity index (χ2n) is 8.86. The summed E-state index contributed by atoms with van der Waals surface area (Å²) in [5.74, 6) is 0. The van der Waals surface area contributed by atoms with Crippen molar-refractivity contribution in [3.63, 3.8) is 0 Å². The lowest BCUT2D eigenvalue weighted by Gasteiger charge is -2.55. The highest BCUT2D eigenvalue weighted by molar-refractivity contribution is 4.86. The highest BCUT2D eigenvalue weighted by atomic mass is 15.4. The van der Waals surface area contributed by atoms with Crippen LogP contribution in [0, 0.1) is 0 Å². The lowest BCUT2D eigenvalue weighted by molar-refractivity contribution is -0.976. The smallest absolute Gasteiger partial charge is 0.0992 e. The van der Waals surface area contributed by atoms with Gasteiger partial charge >= 0.3 is 0 Å². The highest BCUT2D eigenvalue weighted by Gasteiger charge is 2.48. The molecule has 1 rings (SSSR count). The van der Waals surface area contributed by atoms with Crippen molar-refractivity contribution in [2.75, 3.05) is 19.6 Å². The van der Waals surface area contributed by atoms with Crippen LogP contribution in [0.2, 0.25) is 0 Å². The minimum absolute atomic E-state index is 0.624. The number of hydrogen-bond acceptors (Lipinski definition) is 0. The van der Waals surface area contributed by atoms with E-state index in [1.807, 2.05) is 0 Å². The van der Waals surface area contributed by atoms with Crippen LogP contribution in [0.15, 0.2) is 0 Å². The van der Waals surface area contributed by atoms with E-state index in [0.717, 1.165) is 0 Å². The van der Waals surface area contributed by atoms with Crippen molar-refractivity contribution < 1.29 is 4.48 Å². The first-order chi connectivity index (χ1) is 12.2. The van der Waals surface area contributed by atoms with Gasteiger partial charge in [-0.1, -0.05) is 65.2 Å².